The van der Waals surface area contributed by atoms with Crippen molar-refractivity contribution in [1.29, 1.82) is 0 Å². The first kappa shape index (κ1) is 13.5. The standard InChI is InChI=1S/C11H12O2S3/c1-2-15-11(14)16-9(10(12)13)8-6-4-3-5-7-8/h3-7,9H,2H2,1H3,(H,12,13). The van der Waals surface area contributed by atoms with Crippen LogP contribution in [0, 0.1) is 0 Å². The molecule has 0 aliphatic carbocycles. The first-order valence-corrected chi connectivity index (χ1v) is 7.03. The summed E-state index contributed by atoms with van der Waals surface area (Å²) in [5.41, 5.74) is 0.777. The number of carbonyl (C=O) groups is 1. The van der Waals surface area contributed by atoms with Crippen LogP contribution in [-0.2, 0) is 4.79 Å². The summed E-state index contributed by atoms with van der Waals surface area (Å²) in [6.07, 6.45) is 0. The van der Waals surface area contributed by atoms with E-state index in [9.17, 15) is 4.79 Å². The first-order valence-electron chi connectivity index (χ1n) is 4.76. The Bertz CT molecular complexity index is 365. The molecule has 1 N–H and O–H groups in total. The van der Waals surface area contributed by atoms with E-state index in [1.807, 2.05) is 37.3 Å². The molecule has 0 saturated heterocycles. The molecule has 0 fully saturated rings. The third-order valence-electron chi connectivity index (χ3n) is 1.80. The van der Waals surface area contributed by atoms with Crippen LogP contribution in [0.4, 0.5) is 0 Å². The number of thioether (sulfide) groups is 2. The molecular formula is C11H12O2S3. The van der Waals surface area contributed by atoms with E-state index in [1.165, 1.54) is 23.5 Å². The number of carboxylic acids is 1. The second kappa shape index (κ2) is 6.93. The molecule has 1 unspecified atom stereocenters. The van der Waals surface area contributed by atoms with E-state index in [2.05, 4.69) is 0 Å². The van der Waals surface area contributed by atoms with Crippen LogP contribution in [0.3, 0.4) is 0 Å². The van der Waals surface area contributed by atoms with E-state index in [1.54, 1.807) is 0 Å². The Kier molecular flexibility index (Phi) is 5.87. The van der Waals surface area contributed by atoms with Crippen molar-refractivity contribution in [2.24, 2.45) is 0 Å². The third kappa shape index (κ3) is 4.15. The Balaban J connectivity index is 2.77. The summed E-state index contributed by atoms with van der Waals surface area (Å²) in [5.74, 6) is 0.0164. The SMILES string of the molecule is CCSC(=S)SC(C(=O)O)c1ccccc1. The largest absolute Gasteiger partial charge is 0.480 e. The van der Waals surface area contributed by atoms with Gasteiger partial charge in [0.15, 0.2) is 0 Å². The number of aliphatic carboxylic acids is 1. The molecule has 1 atom stereocenters. The monoisotopic (exact) mass is 272 g/mol. The third-order valence-corrected chi connectivity index (χ3v) is 4.51. The van der Waals surface area contributed by atoms with Crippen LogP contribution in [0.25, 0.3) is 0 Å². The predicted molar refractivity (Wildman–Crippen MR) is 75.1 cm³/mol. The summed E-state index contributed by atoms with van der Waals surface area (Å²) in [6, 6.07) is 9.16. The van der Waals surface area contributed by atoms with Crippen molar-refractivity contribution in [3.63, 3.8) is 0 Å². The average molecular weight is 272 g/mol. The molecule has 0 amide bonds. The number of carboxylic acid groups (broad SMARTS) is 1. The van der Waals surface area contributed by atoms with Crippen LogP contribution in [0.15, 0.2) is 30.3 Å². The molecule has 0 aliphatic rings. The minimum atomic E-state index is -0.852. The molecule has 2 nitrogen and oxygen atoms in total. The summed E-state index contributed by atoms with van der Waals surface area (Å²) < 4.78 is 0.679. The molecule has 1 aromatic carbocycles. The van der Waals surface area contributed by atoms with E-state index in [0.717, 1.165) is 11.3 Å². The van der Waals surface area contributed by atoms with Gasteiger partial charge in [0.25, 0.3) is 0 Å². The van der Waals surface area contributed by atoms with Crippen LogP contribution >= 0.6 is 35.7 Å². The quantitative estimate of drug-likeness (QED) is 0.848. The van der Waals surface area contributed by atoms with E-state index in [4.69, 9.17) is 17.3 Å². The van der Waals surface area contributed by atoms with Gasteiger partial charge in [-0.15, -0.1) is 11.8 Å². The molecule has 0 heterocycles. The minimum Gasteiger partial charge on any atom is -0.480 e. The number of rotatable bonds is 4. The van der Waals surface area contributed by atoms with Gasteiger partial charge < -0.3 is 5.11 Å². The van der Waals surface area contributed by atoms with Crippen LogP contribution in [0.5, 0.6) is 0 Å². The molecule has 1 aromatic rings. The second-order valence-corrected chi connectivity index (χ2v) is 6.50. The molecular weight excluding hydrogens is 260 g/mol. The summed E-state index contributed by atoms with van der Waals surface area (Å²) in [7, 11) is 0. The normalized spacial score (nSPS) is 12.1. The Morgan fingerprint density at radius 1 is 1.44 bits per heavy atom. The smallest absolute Gasteiger partial charge is 0.321 e. The molecule has 0 radical (unpaired) electrons. The van der Waals surface area contributed by atoms with Crippen molar-refractivity contribution < 1.29 is 9.90 Å². The summed E-state index contributed by atoms with van der Waals surface area (Å²) >= 11 is 7.84. The Morgan fingerprint density at radius 2 is 2.06 bits per heavy atom. The average Bonchev–Trinajstić information content (AvgIpc) is 2.27. The van der Waals surface area contributed by atoms with Crippen molar-refractivity contribution in [2.75, 3.05) is 5.75 Å². The predicted octanol–water partition coefficient (Wildman–Crippen LogP) is 3.58. The van der Waals surface area contributed by atoms with Gasteiger partial charge in [-0.3, -0.25) is 4.79 Å². The van der Waals surface area contributed by atoms with Gasteiger partial charge in [0, 0.05) is 0 Å². The summed E-state index contributed by atoms with van der Waals surface area (Å²) in [6.45, 7) is 2.00. The molecule has 0 spiro atoms. The molecule has 86 valence electrons. The highest BCUT2D eigenvalue weighted by molar-refractivity contribution is 8.47. The first-order chi connectivity index (χ1) is 7.65. The number of hydrogen-bond acceptors (Lipinski definition) is 4. The molecule has 16 heavy (non-hydrogen) atoms. The fraction of sp³-hybridized carbons (Fsp3) is 0.273. The zero-order valence-electron chi connectivity index (χ0n) is 8.75. The second-order valence-electron chi connectivity index (χ2n) is 2.93. The maximum Gasteiger partial charge on any atom is 0.321 e. The van der Waals surface area contributed by atoms with Gasteiger partial charge in [-0.25, -0.2) is 0 Å². The van der Waals surface area contributed by atoms with Gasteiger partial charge in [0.05, 0.1) is 0 Å². The number of benzene rings is 1. The molecule has 0 aromatic heterocycles. The highest BCUT2D eigenvalue weighted by Crippen LogP contribution is 2.33. The van der Waals surface area contributed by atoms with E-state index >= 15 is 0 Å². The summed E-state index contributed by atoms with van der Waals surface area (Å²) in [4.78, 5) is 11.1. The van der Waals surface area contributed by atoms with Gasteiger partial charge in [-0.1, -0.05) is 61.2 Å². The van der Waals surface area contributed by atoms with Gasteiger partial charge in [-0.05, 0) is 11.3 Å². The maximum atomic E-state index is 11.1. The van der Waals surface area contributed by atoms with Gasteiger partial charge in [0.1, 0.15) is 8.78 Å². The van der Waals surface area contributed by atoms with E-state index in [0.29, 0.717) is 3.53 Å². The fourth-order valence-corrected chi connectivity index (χ4v) is 3.52. The molecule has 0 bridgehead atoms. The Labute approximate surface area is 109 Å². The number of hydrogen-bond donors (Lipinski definition) is 1. The lowest BCUT2D eigenvalue weighted by atomic mass is 10.1. The zero-order chi connectivity index (χ0) is 12.0. The highest BCUT2D eigenvalue weighted by Gasteiger charge is 2.21. The minimum absolute atomic E-state index is 0.604. The van der Waals surface area contributed by atoms with Crippen LogP contribution < -0.4 is 0 Å². The van der Waals surface area contributed by atoms with Gasteiger partial charge in [-0.2, -0.15) is 0 Å². The Morgan fingerprint density at radius 3 is 2.56 bits per heavy atom. The van der Waals surface area contributed by atoms with Crippen LogP contribution in [0.2, 0.25) is 0 Å². The fourth-order valence-electron chi connectivity index (χ4n) is 1.14. The van der Waals surface area contributed by atoms with Gasteiger partial charge >= 0.3 is 5.97 Å². The highest BCUT2D eigenvalue weighted by atomic mass is 32.2. The topological polar surface area (TPSA) is 37.3 Å². The van der Waals surface area contributed by atoms with Crippen molar-refractivity contribution in [1.82, 2.24) is 0 Å². The zero-order valence-corrected chi connectivity index (χ0v) is 11.2. The lowest BCUT2D eigenvalue weighted by Gasteiger charge is -2.12. The summed E-state index contributed by atoms with van der Waals surface area (Å²) in [5, 5.41) is 8.55. The van der Waals surface area contributed by atoms with Crippen molar-refractivity contribution in [3.05, 3.63) is 35.9 Å². The van der Waals surface area contributed by atoms with Crippen molar-refractivity contribution in [2.45, 2.75) is 12.2 Å². The molecule has 0 aliphatic heterocycles. The van der Waals surface area contributed by atoms with E-state index < -0.39 is 11.2 Å². The molecule has 1 rings (SSSR count). The lowest BCUT2D eigenvalue weighted by molar-refractivity contribution is -0.136. The van der Waals surface area contributed by atoms with E-state index in [-0.39, 0.29) is 0 Å². The van der Waals surface area contributed by atoms with Crippen LogP contribution in [0.1, 0.15) is 17.7 Å². The van der Waals surface area contributed by atoms with Crippen molar-refractivity contribution in [3.8, 4) is 0 Å². The molecule has 5 heteroatoms. The lowest BCUT2D eigenvalue weighted by Crippen LogP contribution is -2.09. The van der Waals surface area contributed by atoms with Gasteiger partial charge in [0.2, 0.25) is 0 Å². The van der Waals surface area contributed by atoms with Crippen molar-refractivity contribution >= 4 is 45.2 Å². The molecule has 0 saturated carbocycles. The number of thiocarbonyl (C=S) groups is 1. The van der Waals surface area contributed by atoms with Crippen LogP contribution in [-0.4, -0.2) is 20.4 Å². The Hall–Kier alpha value is -0.520. The maximum absolute atomic E-state index is 11.1.